The number of ether oxygens (including phenoxy) is 1. The molecule has 0 saturated heterocycles. The zero-order valence-corrected chi connectivity index (χ0v) is 9.00. The third-order valence-electron chi connectivity index (χ3n) is 1.96. The second-order valence-corrected chi connectivity index (χ2v) is 3.70. The Morgan fingerprint density at radius 1 is 1.46 bits per heavy atom. The zero-order chi connectivity index (χ0) is 10.3. The first kappa shape index (κ1) is 12.4. The van der Waals surface area contributed by atoms with Gasteiger partial charge in [-0.25, -0.2) is 0 Å². The molecule has 0 aromatic rings. The molecule has 0 atom stereocenters. The number of allylic oxidation sites excluding steroid dienone is 2. The van der Waals surface area contributed by atoms with E-state index in [1.807, 2.05) is 26.8 Å². The second kappa shape index (κ2) is 5.95. The normalized spacial score (nSPS) is 14.1. The van der Waals surface area contributed by atoms with Crippen LogP contribution in [0.4, 0.5) is 0 Å². The minimum absolute atomic E-state index is 0.101. The van der Waals surface area contributed by atoms with Crippen molar-refractivity contribution >= 4 is 0 Å². The molecule has 1 N–H and O–H groups in total. The number of hydrogen-bond acceptors (Lipinski definition) is 2. The molecule has 0 aromatic heterocycles. The van der Waals surface area contributed by atoms with Crippen LogP contribution in [0, 0.1) is 0 Å². The van der Waals surface area contributed by atoms with Crippen molar-refractivity contribution in [2.45, 2.75) is 32.8 Å². The fraction of sp³-hybridized carbons (Fsp3) is 0.636. The molecule has 0 heterocycles. The van der Waals surface area contributed by atoms with Gasteiger partial charge in [-0.2, -0.15) is 0 Å². The van der Waals surface area contributed by atoms with Gasteiger partial charge in [-0.1, -0.05) is 23.8 Å². The van der Waals surface area contributed by atoms with Crippen molar-refractivity contribution in [3.8, 4) is 0 Å². The summed E-state index contributed by atoms with van der Waals surface area (Å²) in [4.78, 5) is 0. The average molecular weight is 184 g/mol. The van der Waals surface area contributed by atoms with Gasteiger partial charge in [0, 0.05) is 7.11 Å². The van der Waals surface area contributed by atoms with Crippen molar-refractivity contribution in [1.29, 1.82) is 0 Å². The zero-order valence-electron chi connectivity index (χ0n) is 9.00. The lowest BCUT2D eigenvalue weighted by Gasteiger charge is -2.20. The molecule has 0 aliphatic carbocycles. The van der Waals surface area contributed by atoms with Gasteiger partial charge in [0.15, 0.2) is 0 Å². The summed E-state index contributed by atoms with van der Waals surface area (Å²) in [5, 5.41) is 8.61. The molecule has 2 heteroatoms. The molecule has 0 saturated carbocycles. The molecule has 0 radical (unpaired) electrons. The number of hydrogen-bond donors (Lipinski definition) is 1. The Bertz CT molecular complexity index is 190. The molecular weight excluding hydrogens is 164 g/mol. The summed E-state index contributed by atoms with van der Waals surface area (Å²) in [7, 11) is 1.71. The molecule has 0 spiro atoms. The molecule has 13 heavy (non-hydrogen) atoms. The SMILES string of the molecule is COC(C)(C)CC=CC(C)=CCO. The Labute approximate surface area is 80.9 Å². The van der Waals surface area contributed by atoms with Crippen LogP contribution in [0.1, 0.15) is 27.2 Å². The Morgan fingerprint density at radius 2 is 2.08 bits per heavy atom. The standard InChI is InChI=1S/C11H20O2/c1-10(7-9-12)6-5-8-11(2,3)13-4/h5-7,12H,8-9H2,1-4H3. The fourth-order valence-corrected chi connectivity index (χ4v) is 0.824. The molecule has 0 unspecified atom stereocenters. The monoisotopic (exact) mass is 184 g/mol. The van der Waals surface area contributed by atoms with Crippen molar-refractivity contribution in [2.75, 3.05) is 13.7 Å². The summed E-state index contributed by atoms with van der Waals surface area (Å²) in [5.41, 5.74) is 0.977. The van der Waals surface area contributed by atoms with Crippen molar-refractivity contribution in [3.05, 3.63) is 23.8 Å². The molecule has 0 rings (SSSR count). The van der Waals surface area contributed by atoms with Crippen LogP contribution in [0.5, 0.6) is 0 Å². The van der Waals surface area contributed by atoms with Crippen LogP contribution in [0.2, 0.25) is 0 Å². The summed E-state index contributed by atoms with van der Waals surface area (Å²) in [5.74, 6) is 0. The Balaban J connectivity index is 3.94. The lowest BCUT2D eigenvalue weighted by molar-refractivity contribution is 0.0255. The highest BCUT2D eigenvalue weighted by Crippen LogP contribution is 2.13. The van der Waals surface area contributed by atoms with Gasteiger partial charge in [0.1, 0.15) is 0 Å². The van der Waals surface area contributed by atoms with E-state index in [1.54, 1.807) is 13.2 Å². The van der Waals surface area contributed by atoms with Crippen LogP contribution in [0.25, 0.3) is 0 Å². The van der Waals surface area contributed by atoms with Gasteiger partial charge >= 0.3 is 0 Å². The third-order valence-corrected chi connectivity index (χ3v) is 1.96. The summed E-state index contributed by atoms with van der Waals surface area (Å²) >= 11 is 0. The van der Waals surface area contributed by atoms with Crippen LogP contribution in [0.15, 0.2) is 23.8 Å². The van der Waals surface area contributed by atoms with Gasteiger partial charge in [0.2, 0.25) is 0 Å². The average Bonchev–Trinajstić information content (AvgIpc) is 2.05. The minimum Gasteiger partial charge on any atom is -0.392 e. The van der Waals surface area contributed by atoms with Crippen LogP contribution >= 0.6 is 0 Å². The van der Waals surface area contributed by atoms with Gasteiger partial charge in [0.25, 0.3) is 0 Å². The maximum absolute atomic E-state index is 8.61. The lowest BCUT2D eigenvalue weighted by Crippen LogP contribution is -2.20. The van der Waals surface area contributed by atoms with Gasteiger partial charge in [-0.3, -0.25) is 0 Å². The summed E-state index contributed by atoms with van der Waals surface area (Å²) in [6.07, 6.45) is 6.71. The van der Waals surface area contributed by atoms with Crippen molar-refractivity contribution < 1.29 is 9.84 Å². The molecule has 0 bridgehead atoms. The second-order valence-electron chi connectivity index (χ2n) is 3.70. The maximum atomic E-state index is 8.61. The van der Waals surface area contributed by atoms with Gasteiger partial charge in [-0.05, 0) is 27.2 Å². The van der Waals surface area contributed by atoms with E-state index < -0.39 is 0 Å². The molecule has 0 fully saturated rings. The van der Waals surface area contributed by atoms with Crippen LogP contribution < -0.4 is 0 Å². The molecule has 0 aliphatic heterocycles. The van der Waals surface area contributed by atoms with E-state index in [2.05, 4.69) is 6.08 Å². The predicted octanol–water partition coefficient (Wildman–Crippen LogP) is 2.30. The molecule has 0 aromatic carbocycles. The van der Waals surface area contributed by atoms with E-state index >= 15 is 0 Å². The van der Waals surface area contributed by atoms with Crippen molar-refractivity contribution in [1.82, 2.24) is 0 Å². The highest BCUT2D eigenvalue weighted by molar-refractivity contribution is 5.16. The van der Waals surface area contributed by atoms with E-state index in [1.165, 1.54) is 0 Å². The summed E-state index contributed by atoms with van der Waals surface area (Å²) < 4.78 is 5.26. The van der Waals surface area contributed by atoms with Crippen molar-refractivity contribution in [3.63, 3.8) is 0 Å². The van der Waals surface area contributed by atoms with Crippen molar-refractivity contribution in [2.24, 2.45) is 0 Å². The van der Waals surface area contributed by atoms with Gasteiger partial charge in [-0.15, -0.1) is 0 Å². The van der Waals surface area contributed by atoms with Crippen LogP contribution in [0.3, 0.4) is 0 Å². The largest absolute Gasteiger partial charge is 0.392 e. The molecule has 0 aliphatic rings. The van der Waals surface area contributed by atoms with E-state index in [0.717, 1.165) is 12.0 Å². The summed E-state index contributed by atoms with van der Waals surface area (Å²) in [6, 6.07) is 0. The number of methoxy groups -OCH3 is 1. The number of rotatable bonds is 5. The summed E-state index contributed by atoms with van der Waals surface area (Å²) in [6.45, 7) is 6.15. The first-order valence-electron chi connectivity index (χ1n) is 4.51. The highest BCUT2D eigenvalue weighted by Gasteiger charge is 2.12. The van der Waals surface area contributed by atoms with Gasteiger partial charge in [0.05, 0.1) is 12.2 Å². The molecule has 76 valence electrons. The first-order valence-corrected chi connectivity index (χ1v) is 4.51. The molecular formula is C11H20O2. The quantitative estimate of drug-likeness (QED) is 0.664. The Kier molecular flexibility index (Phi) is 5.67. The minimum atomic E-state index is -0.101. The number of aliphatic hydroxyl groups excluding tert-OH is 1. The van der Waals surface area contributed by atoms with E-state index in [0.29, 0.717) is 0 Å². The highest BCUT2D eigenvalue weighted by atomic mass is 16.5. The first-order chi connectivity index (χ1) is 6.02. The molecule has 2 nitrogen and oxygen atoms in total. The lowest BCUT2D eigenvalue weighted by atomic mass is 10.0. The molecule has 0 amide bonds. The third kappa shape index (κ3) is 6.55. The van der Waals surface area contributed by atoms with E-state index in [9.17, 15) is 0 Å². The topological polar surface area (TPSA) is 29.5 Å². The van der Waals surface area contributed by atoms with E-state index in [-0.39, 0.29) is 12.2 Å². The smallest absolute Gasteiger partial charge is 0.0657 e. The maximum Gasteiger partial charge on any atom is 0.0657 e. The Morgan fingerprint density at radius 3 is 2.54 bits per heavy atom. The van der Waals surface area contributed by atoms with Crippen LogP contribution in [-0.2, 0) is 4.74 Å². The fourth-order valence-electron chi connectivity index (χ4n) is 0.824. The van der Waals surface area contributed by atoms with Crippen LogP contribution in [-0.4, -0.2) is 24.4 Å². The Hall–Kier alpha value is -0.600. The number of aliphatic hydroxyl groups is 1. The van der Waals surface area contributed by atoms with Gasteiger partial charge < -0.3 is 9.84 Å². The van der Waals surface area contributed by atoms with E-state index in [4.69, 9.17) is 9.84 Å². The predicted molar refractivity (Wildman–Crippen MR) is 55.7 cm³/mol.